The van der Waals surface area contributed by atoms with Crippen molar-refractivity contribution in [3.63, 3.8) is 0 Å². The van der Waals surface area contributed by atoms with Crippen molar-refractivity contribution in [2.45, 2.75) is 50.2 Å². The van der Waals surface area contributed by atoms with E-state index in [0.29, 0.717) is 18.5 Å². The minimum Gasteiger partial charge on any atom is -0.350 e. The summed E-state index contributed by atoms with van der Waals surface area (Å²) in [5.74, 6) is 0.0315. The van der Waals surface area contributed by atoms with Crippen molar-refractivity contribution in [2.24, 2.45) is 4.99 Å². The van der Waals surface area contributed by atoms with Gasteiger partial charge in [-0.25, -0.2) is 8.42 Å². The van der Waals surface area contributed by atoms with Crippen molar-refractivity contribution in [3.05, 3.63) is 65.2 Å². The first-order valence-corrected chi connectivity index (χ1v) is 12.0. The number of unbranched alkanes of at least 4 members (excludes halogenated alkanes) is 1. The lowest BCUT2D eigenvalue weighted by Gasteiger charge is -2.17. The van der Waals surface area contributed by atoms with Crippen LogP contribution in [0, 0.1) is 0 Å². The van der Waals surface area contributed by atoms with E-state index in [9.17, 15) is 13.2 Å². The summed E-state index contributed by atoms with van der Waals surface area (Å²) < 4.78 is 27.2. The zero-order valence-corrected chi connectivity index (χ0v) is 19.1. The van der Waals surface area contributed by atoms with Crippen LogP contribution in [0.5, 0.6) is 0 Å². The monoisotopic (exact) mass is 442 g/mol. The number of benzene rings is 2. The van der Waals surface area contributed by atoms with Crippen molar-refractivity contribution in [2.75, 3.05) is 14.1 Å². The van der Waals surface area contributed by atoms with Crippen LogP contribution in [0.1, 0.15) is 42.9 Å². The molecule has 0 aliphatic carbocycles. The van der Waals surface area contributed by atoms with Crippen LogP contribution in [0.15, 0.2) is 58.4 Å². The smallest absolute Gasteiger partial charge is 0.263 e. The molecule has 0 fully saturated rings. The molecule has 2 aromatic carbocycles. The zero-order chi connectivity index (χ0) is 22.4. The third kappa shape index (κ3) is 5.71. The molecule has 166 valence electrons. The first kappa shape index (κ1) is 23.0. The molecule has 1 heterocycles. The molecule has 8 heteroatoms. The number of carbonyl (C=O) groups is 1. The minimum absolute atomic E-state index is 0.195. The predicted octanol–water partition coefficient (Wildman–Crippen LogP) is 2.66. The summed E-state index contributed by atoms with van der Waals surface area (Å²) in [6.07, 6.45) is 2.29. The highest BCUT2D eigenvalue weighted by Crippen LogP contribution is 2.23. The highest BCUT2D eigenvalue weighted by atomic mass is 32.2. The molecule has 0 radical (unpaired) electrons. The van der Waals surface area contributed by atoms with Gasteiger partial charge >= 0.3 is 0 Å². The van der Waals surface area contributed by atoms with Crippen molar-refractivity contribution in [1.82, 2.24) is 14.9 Å². The van der Waals surface area contributed by atoms with E-state index in [-0.39, 0.29) is 16.6 Å². The lowest BCUT2D eigenvalue weighted by atomic mass is 10.1. The number of amidine groups is 1. The molecule has 0 bridgehead atoms. The fourth-order valence-corrected chi connectivity index (χ4v) is 4.80. The number of sulfonamides is 1. The summed E-state index contributed by atoms with van der Waals surface area (Å²) in [6, 6.07) is 14.0. The number of nitrogens with one attached hydrogen (secondary N) is 2. The quantitative estimate of drug-likeness (QED) is 0.625. The van der Waals surface area contributed by atoms with Gasteiger partial charge < -0.3 is 10.2 Å². The number of fused-ring (bicyclic) bond motifs is 1. The van der Waals surface area contributed by atoms with E-state index in [4.69, 9.17) is 0 Å². The third-order valence-electron chi connectivity index (χ3n) is 5.14. The Balaban J connectivity index is 1.79. The van der Waals surface area contributed by atoms with Crippen molar-refractivity contribution < 1.29 is 13.2 Å². The summed E-state index contributed by atoms with van der Waals surface area (Å²) in [4.78, 5) is 19.8. The van der Waals surface area contributed by atoms with Crippen LogP contribution in [0.25, 0.3) is 0 Å². The summed E-state index contributed by atoms with van der Waals surface area (Å²) in [6.45, 7) is 3.23. The maximum atomic E-state index is 13.0. The lowest BCUT2D eigenvalue weighted by molar-refractivity contribution is -0.122. The average Bonchev–Trinajstić information content (AvgIpc) is 3.00. The van der Waals surface area contributed by atoms with Gasteiger partial charge in [0.25, 0.3) is 10.0 Å². The van der Waals surface area contributed by atoms with Crippen LogP contribution in [0.4, 0.5) is 0 Å². The first-order valence-electron chi connectivity index (χ1n) is 10.5. The normalized spacial score (nSPS) is 16.7. The molecule has 3 rings (SSSR count). The SMILES string of the molecule is CCCCC(N=C1NS(=O)(=O)c2ccccc21)C(=O)NCc1ccccc1CN(C)C. The van der Waals surface area contributed by atoms with Gasteiger partial charge in [0.15, 0.2) is 0 Å². The van der Waals surface area contributed by atoms with Crippen molar-refractivity contribution >= 4 is 21.8 Å². The van der Waals surface area contributed by atoms with Gasteiger partial charge in [0.05, 0.1) is 4.90 Å². The Hall–Kier alpha value is -2.71. The topological polar surface area (TPSA) is 90.9 Å². The van der Waals surface area contributed by atoms with Gasteiger partial charge in [-0.2, -0.15) is 0 Å². The van der Waals surface area contributed by atoms with E-state index >= 15 is 0 Å². The molecule has 1 amide bonds. The predicted molar refractivity (Wildman–Crippen MR) is 122 cm³/mol. The molecule has 2 aromatic rings. The van der Waals surface area contributed by atoms with E-state index < -0.39 is 16.1 Å². The van der Waals surface area contributed by atoms with Gasteiger partial charge in [0, 0.05) is 18.7 Å². The van der Waals surface area contributed by atoms with E-state index in [1.165, 1.54) is 0 Å². The van der Waals surface area contributed by atoms with Crippen molar-refractivity contribution in [3.8, 4) is 0 Å². The number of nitrogens with zero attached hydrogens (tertiary/aromatic N) is 2. The Morgan fingerprint density at radius 2 is 1.77 bits per heavy atom. The van der Waals surface area contributed by atoms with Gasteiger partial charge in [-0.3, -0.25) is 14.5 Å². The fraction of sp³-hybridized carbons (Fsp3) is 0.391. The number of hydrogen-bond acceptors (Lipinski definition) is 5. The molecule has 1 aliphatic heterocycles. The summed E-state index contributed by atoms with van der Waals surface area (Å²) in [7, 11) is 0.377. The summed E-state index contributed by atoms with van der Waals surface area (Å²) in [5, 5.41) is 3.00. The van der Waals surface area contributed by atoms with Gasteiger partial charge in [0.1, 0.15) is 11.9 Å². The molecule has 2 N–H and O–H groups in total. The summed E-state index contributed by atoms with van der Waals surface area (Å²) >= 11 is 0. The maximum absolute atomic E-state index is 13.0. The van der Waals surface area contributed by atoms with Gasteiger partial charge in [-0.15, -0.1) is 0 Å². The first-order chi connectivity index (χ1) is 14.8. The van der Waals surface area contributed by atoms with E-state index in [0.717, 1.165) is 30.5 Å². The van der Waals surface area contributed by atoms with Crippen LogP contribution in [-0.4, -0.2) is 45.2 Å². The maximum Gasteiger partial charge on any atom is 0.263 e. The molecule has 1 atom stereocenters. The lowest BCUT2D eigenvalue weighted by Crippen LogP contribution is -2.35. The van der Waals surface area contributed by atoms with E-state index in [1.54, 1.807) is 24.3 Å². The van der Waals surface area contributed by atoms with Gasteiger partial charge in [0.2, 0.25) is 5.91 Å². The van der Waals surface area contributed by atoms with Gasteiger partial charge in [-0.05, 0) is 43.8 Å². The zero-order valence-electron chi connectivity index (χ0n) is 18.3. The van der Waals surface area contributed by atoms with Crippen LogP contribution >= 0.6 is 0 Å². The second-order valence-electron chi connectivity index (χ2n) is 7.96. The molecular formula is C23H30N4O3S. The number of amides is 1. The number of carbonyl (C=O) groups excluding carboxylic acids is 1. The van der Waals surface area contributed by atoms with E-state index in [2.05, 4.69) is 26.0 Å². The van der Waals surface area contributed by atoms with Crippen LogP contribution in [-0.2, 0) is 27.9 Å². The average molecular weight is 443 g/mol. The van der Waals surface area contributed by atoms with Gasteiger partial charge in [-0.1, -0.05) is 56.2 Å². The second kappa shape index (κ2) is 10.1. The van der Waals surface area contributed by atoms with Crippen LogP contribution in [0.3, 0.4) is 0 Å². The summed E-state index contributed by atoms with van der Waals surface area (Å²) in [5.41, 5.74) is 2.72. The Morgan fingerprint density at radius 1 is 1.10 bits per heavy atom. The highest BCUT2D eigenvalue weighted by molar-refractivity contribution is 7.90. The molecule has 7 nitrogen and oxygen atoms in total. The van der Waals surface area contributed by atoms with Crippen molar-refractivity contribution in [1.29, 1.82) is 0 Å². The van der Waals surface area contributed by atoms with E-state index in [1.807, 2.05) is 39.2 Å². The largest absolute Gasteiger partial charge is 0.350 e. The molecule has 1 aliphatic rings. The number of aliphatic imine (C=N–C) groups is 1. The highest BCUT2D eigenvalue weighted by Gasteiger charge is 2.31. The van der Waals surface area contributed by atoms with Crippen LogP contribution in [0.2, 0.25) is 0 Å². The molecular weight excluding hydrogens is 412 g/mol. The Labute approximate surface area is 184 Å². The standard InChI is InChI=1S/C23H30N4O3S/c1-4-5-13-20(25-22-19-12-8-9-14-21(19)31(29,30)26-22)23(28)24-15-17-10-6-7-11-18(17)16-27(2)3/h6-12,14,20H,4-5,13,15-16H2,1-3H3,(H,24,28)(H,25,26). The second-order valence-corrected chi connectivity index (χ2v) is 9.61. The Kier molecular flexibility index (Phi) is 7.46. The molecule has 0 spiro atoms. The number of rotatable bonds is 9. The molecule has 1 unspecified atom stereocenters. The van der Waals surface area contributed by atoms with Crippen LogP contribution < -0.4 is 10.0 Å². The third-order valence-corrected chi connectivity index (χ3v) is 6.54. The molecule has 0 aromatic heterocycles. The number of hydrogen-bond donors (Lipinski definition) is 2. The Morgan fingerprint density at radius 3 is 2.48 bits per heavy atom. The molecule has 0 saturated heterocycles. The Bertz CT molecular complexity index is 1060. The molecule has 31 heavy (non-hydrogen) atoms. The minimum atomic E-state index is -3.64. The molecule has 0 saturated carbocycles. The fourth-order valence-electron chi connectivity index (χ4n) is 3.56.